The highest BCUT2D eigenvalue weighted by molar-refractivity contribution is 5.80. The predicted octanol–water partition coefficient (Wildman–Crippen LogP) is 1.16. The van der Waals surface area contributed by atoms with E-state index in [1.807, 2.05) is 32.9 Å². The van der Waals surface area contributed by atoms with Gasteiger partial charge in [-0.1, -0.05) is 0 Å². The zero-order valence-corrected chi connectivity index (χ0v) is 13.5. The molecule has 116 valence electrons. The van der Waals surface area contributed by atoms with Crippen molar-refractivity contribution in [3.05, 3.63) is 29.8 Å². The molecule has 2 atom stereocenters. The summed E-state index contributed by atoms with van der Waals surface area (Å²) in [5.41, 5.74) is 1.25. The van der Waals surface area contributed by atoms with Crippen molar-refractivity contribution in [2.24, 2.45) is 0 Å². The molecule has 21 heavy (non-hydrogen) atoms. The normalized spacial score (nSPS) is 17.4. The lowest BCUT2D eigenvalue weighted by Crippen LogP contribution is -3.16. The Bertz CT molecular complexity index is 466. The van der Waals surface area contributed by atoms with Gasteiger partial charge in [0, 0.05) is 24.4 Å². The maximum absolute atomic E-state index is 12.3. The molecule has 0 heterocycles. The van der Waals surface area contributed by atoms with E-state index < -0.39 is 0 Å². The number of hydrogen-bond donors (Lipinski definition) is 2. The molecule has 4 nitrogen and oxygen atoms in total. The lowest BCUT2D eigenvalue weighted by molar-refractivity contribution is -0.938. The number of carbonyl (C=O) groups is 1. The molecule has 1 aliphatic carbocycles. The summed E-state index contributed by atoms with van der Waals surface area (Å²) in [5, 5.41) is 3.03. The van der Waals surface area contributed by atoms with Crippen LogP contribution in [0.4, 0.5) is 0 Å². The van der Waals surface area contributed by atoms with Crippen molar-refractivity contribution < 1.29 is 14.4 Å². The average molecular weight is 291 g/mol. The molecule has 4 heteroatoms. The minimum absolute atomic E-state index is 0.0120. The zero-order chi connectivity index (χ0) is 15.4. The number of hydrogen-bond acceptors (Lipinski definition) is 2. The molecule has 1 fully saturated rings. The summed E-state index contributed by atoms with van der Waals surface area (Å²) in [5.74, 6) is 1.03. The number of rotatable bonds is 7. The highest BCUT2D eigenvalue weighted by Crippen LogP contribution is 2.17. The highest BCUT2D eigenvalue weighted by atomic mass is 16.5. The Labute approximate surface area is 127 Å². The van der Waals surface area contributed by atoms with Gasteiger partial charge in [-0.25, -0.2) is 0 Å². The Hall–Kier alpha value is -1.55. The Morgan fingerprint density at radius 1 is 1.29 bits per heavy atom. The molecular formula is C17H27N2O2+. The molecule has 1 aliphatic rings. The molecule has 1 aromatic carbocycles. The third-order valence-electron chi connectivity index (χ3n) is 4.05. The van der Waals surface area contributed by atoms with Crippen molar-refractivity contribution in [1.82, 2.24) is 5.32 Å². The first kappa shape index (κ1) is 15.8. The number of nitrogens with one attached hydrogen (secondary N) is 2. The third kappa shape index (κ3) is 4.46. The fourth-order valence-corrected chi connectivity index (χ4v) is 2.66. The minimum Gasteiger partial charge on any atom is -0.497 e. The highest BCUT2D eigenvalue weighted by Gasteiger charge is 2.39. The number of quaternary nitrogens is 1. The first-order valence-corrected chi connectivity index (χ1v) is 7.80. The van der Waals surface area contributed by atoms with Gasteiger partial charge in [-0.2, -0.15) is 0 Å². The maximum atomic E-state index is 12.3. The average Bonchev–Trinajstić information content (AvgIpc) is 3.28. The van der Waals surface area contributed by atoms with Crippen LogP contribution in [0, 0.1) is 0 Å². The van der Waals surface area contributed by atoms with E-state index in [4.69, 9.17) is 4.74 Å². The summed E-state index contributed by atoms with van der Waals surface area (Å²) < 4.78 is 5.19. The Kier molecular flexibility index (Phi) is 5.23. The molecular weight excluding hydrogens is 264 g/mol. The van der Waals surface area contributed by atoms with Crippen molar-refractivity contribution in [1.29, 1.82) is 0 Å². The van der Waals surface area contributed by atoms with Crippen LogP contribution in [0.3, 0.4) is 0 Å². The van der Waals surface area contributed by atoms with Gasteiger partial charge in [0.2, 0.25) is 0 Å². The van der Waals surface area contributed by atoms with Crippen LogP contribution >= 0.6 is 0 Å². The monoisotopic (exact) mass is 291 g/mol. The first-order chi connectivity index (χ1) is 10.0. The van der Waals surface area contributed by atoms with Gasteiger partial charge in [-0.15, -0.1) is 0 Å². The smallest absolute Gasteiger partial charge is 0.278 e. The van der Waals surface area contributed by atoms with Crippen LogP contribution < -0.4 is 15.0 Å². The molecule has 1 saturated carbocycles. The Morgan fingerprint density at radius 2 is 1.90 bits per heavy atom. The van der Waals surface area contributed by atoms with Crippen LogP contribution in [0.25, 0.3) is 0 Å². The summed E-state index contributed by atoms with van der Waals surface area (Å²) >= 11 is 0. The van der Waals surface area contributed by atoms with Crippen molar-refractivity contribution in [3.8, 4) is 5.75 Å². The zero-order valence-electron chi connectivity index (χ0n) is 13.5. The van der Waals surface area contributed by atoms with Crippen molar-refractivity contribution in [2.75, 3.05) is 7.11 Å². The van der Waals surface area contributed by atoms with Crippen molar-refractivity contribution >= 4 is 5.91 Å². The van der Waals surface area contributed by atoms with Crippen LogP contribution in [0.5, 0.6) is 5.75 Å². The van der Waals surface area contributed by atoms with Gasteiger partial charge >= 0.3 is 0 Å². The first-order valence-electron chi connectivity index (χ1n) is 7.80. The van der Waals surface area contributed by atoms with E-state index in [0.717, 1.165) is 12.3 Å². The second-order valence-electron chi connectivity index (χ2n) is 6.26. The summed E-state index contributed by atoms with van der Waals surface area (Å²) in [7, 11) is 1.68. The summed E-state index contributed by atoms with van der Waals surface area (Å²) in [6.07, 6.45) is 2.45. The fraction of sp³-hybridized carbons (Fsp3) is 0.588. The molecule has 1 aromatic rings. The summed E-state index contributed by atoms with van der Waals surface area (Å²) in [4.78, 5) is 13.6. The molecule has 0 radical (unpaired) electrons. The van der Waals surface area contributed by atoms with Crippen LogP contribution in [-0.2, 0) is 11.3 Å². The molecule has 0 saturated heterocycles. The quantitative estimate of drug-likeness (QED) is 0.791. The predicted molar refractivity (Wildman–Crippen MR) is 83.4 cm³/mol. The molecule has 0 spiro atoms. The topological polar surface area (TPSA) is 42.8 Å². The SMILES string of the molecule is COc1ccc(C[NH+](C2CC2)[C@H](C)C(=O)NC(C)C)cc1. The van der Waals surface area contributed by atoms with Gasteiger partial charge in [-0.05, 0) is 45.0 Å². The lowest BCUT2D eigenvalue weighted by Gasteiger charge is -2.26. The van der Waals surface area contributed by atoms with Gasteiger partial charge in [0.15, 0.2) is 6.04 Å². The second-order valence-corrected chi connectivity index (χ2v) is 6.26. The van der Waals surface area contributed by atoms with E-state index in [9.17, 15) is 4.79 Å². The van der Waals surface area contributed by atoms with Gasteiger partial charge < -0.3 is 15.0 Å². The molecule has 0 aromatic heterocycles. The number of methoxy groups -OCH3 is 1. The number of ether oxygens (including phenoxy) is 1. The standard InChI is InChI=1S/C17H26N2O2/c1-12(2)18-17(20)13(3)19(15-7-8-15)11-14-5-9-16(21-4)10-6-14/h5-6,9-10,12-13,15H,7-8,11H2,1-4H3,(H,18,20)/p+1/t13-/m1/s1. The van der Waals surface area contributed by atoms with Gasteiger partial charge in [0.1, 0.15) is 12.3 Å². The maximum Gasteiger partial charge on any atom is 0.278 e. The third-order valence-corrected chi connectivity index (χ3v) is 4.05. The molecule has 2 N–H and O–H groups in total. The molecule has 1 amide bonds. The van der Waals surface area contributed by atoms with Crippen LogP contribution in [-0.4, -0.2) is 31.1 Å². The minimum atomic E-state index is -0.0120. The van der Waals surface area contributed by atoms with Gasteiger partial charge in [-0.3, -0.25) is 4.79 Å². The number of carbonyl (C=O) groups excluding carboxylic acids is 1. The largest absolute Gasteiger partial charge is 0.497 e. The molecule has 0 bridgehead atoms. The molecule has 1 unspecified atom stereocenters. The van der Waals surface area contributed by atoms with E-state index in [-0.39, 0.29) is 18.0 Å². The molecule has 2 rings (SSSR count). The van der Waals surface area contributed by atoms with E-state index >= 15 is 0 Å². The van der Waals surface area contributed by atoms with Crippen LogP contribution in [0.1, 0.15) is 39.2 Å². The second kappa shape index (κ2) is 6.94. The Balaban J connectivity index is 2.02. The van der Waals surface area contributed by atoms with Crippen LogP contribution in [0.2, 0.25) is 0 Å². The van der Waals surface area contributed by atoms with E-state index in [2.05, 4.69) is 17.4 Å². The number of benzene rings is 1. The van der Waals surface area contributed by atoms with Crippen LogP contribution in [0.15, 0.2) is 24.3 Å². The van der Waals surface area contributed by atoms with E-state index in [1.54, 1.807) is 7.11 Å². The summed E-state index contributed by atoms with van der Waals surface area (Å²) in [6.45, 7) is 6.94. The van der Waals surface area contributed by atoms with Gasteiger partial charge in [0.25, 0.3) is 5.91 Å². The summed E-state index contributed by atoms with van der Waals surface area (Å²) in [6, 6.07) is 8.96. The van der Waals surface area contributed by atoms with Gasteiger partial charge in [0.05, 0.1) is 13.2 Å². The van der Waals surface area contributed by atoms with Crippen molar-refractivity contribution in [2.45, 2.75) is 58.3 Å². The lowest BCUT2D eigenvalue weighted by atomic mass is 10.1. The fourth-order valence-electron chi connectivity index (χ4n) is 2.66. The van der Waals surface area contributed by atoms with Crippen molar-refractivity contribution in [3.63, 3.8) is 0 Å². The molecule has 0 aliphatic heterocycles. The van der Waals surface area contributed by atoms with E-state index in [1.165, 1.54) is 23.3 Å². The number of amides is 1. The van der Waals surface area contributed by atoms with E-state index in [0.29, 0.717) is 6.04 Å². The Morgan fingerprint density at radius 3 is 2.38 bits per heavy atom.